The van der Waals surface area contributed by atoms with Crippen molar-refractivity contribution in [3.63, 3.8) is 0 Å². The lowest BCUT2D eigenvalue weighted by Crippen LogP contribution is -2.28. The molecule has 2 heterocycles. The summed E-state index contributed by atoms with van der Waals surface area (Å²) in [6, 6.07) is 11.3. The smallest absolute Gasteiger partial charge is 0.294 e. The van der Waals surface area contributed by atoms with Gasteiger partial charge in [0.15, 0.2) is 0 Å². The summed E-state index contributed by atoms with van der Waals surface area (Å²) >= 11 is 16.8. The van der Waals surface area contributed by atoms with E-state index in [0.717, 1.165) is 43.2 Å². The predicted octanol–water partition coefficient (Wildman–Crippen LogP) is 6.43. The zero-order valence-electron chi connectivity index (χ0n) is 15.4. The van der Waals surface area contributed by atoms with Crippen molar-refractivity contribution >= 4 is 79.0 Å². The number of thioether (sulfide) groups is 1. The molecule has 0 bridgehead atoms. The van der Waals surface area contributed by atoms with Gasteiger partial charge >= 0.3 is 0 Å². The van der Waals surface area contributed by atoms with Gasteiger partial charge in [0, 0.05) is 43.7 Å². The Morgan fingerprint density at radius 2 is 1.97 bits per heavy atom. The number of nitrogens with zero attached hydrogens (tertiary/aromatic N) is 2. The highest BCUT2D eigenvalue weighted by molar-refractivity contribution is 9.10. The Hall–Kier alpha value is -2.17. The maximum atomic E-state index is 12.6. The standard InChI is InChI=1S/C22H13BrCl2N2O2S/c1-2-7-27-21(28)20(30-22(27)29)8-14-12-26(19-6-4-15(23)9-17(14)19)11-13-3-5-16(24)10-18(13)25/h1,3-6,8-10,12H,7,11H2/b20-8-. The summed E-state index contributed by atoms with van der Waals surface area (Å²) in [4.78, 5) is 26.1. The first-order valence-corrected chi connectivity index (χ1v) is 11.1. The SMILES string of the molecule is C#CCN1C(=O)S/C(=C\c2cn(Cc3ccc(Cl)cc3Cl)c3ccc(Br)cc23)C1=O. The normalized spacial score (nSPS) is 15.4. The van der Waals surface area contributed by atoms with Crippen LogP contribution < -0.4 is 0 Å². The average Bonchev–Trinajstić information content (AvgIpc) is 3.16. The number of halogens is 3. The lowest BCUT2D eigenvalue weighted by molar-refractivity contribution is -0.122. The second-order valence-electron chi connectivity index (χ2n) is 6.58. The van der Waals surface area contributed by atoms with Gasteiger partial charge in [-0.1, -0.05) is 51.1 Å². The summed E-state index contributed by atoms with van der Waals surface area (Å²) in [5.74, 6) is 1.97. The molecule has 4 nitrogen and oxygen atoms in total. The van der Waals surface area contributed by atoms with E-state index in [9.17, 15) is 9.59 Å². The van der Waals surface area contributed by atoms with Gasteiger partial charge in [-0.25, -0.2) is 0 Å². The lowest BCUT2D eigenvalue weighted by atomic mass is 10.1. The third-order valence-electron chi connectivity index (χ3n) is 4.64. The molecule has 4 rings (SSSR count). The fourth-order valence-electron chi connectivity index (χ4n) is 3.24. The van der Waals surface area contributed by atoms with E-state index in [1.165, 1.54) is 0 Å². The van der Waals surface area contributed by atoms with Crippen molar-refractivity contribution in [2.24, 2.45) is 0 Å². The van der Waals surface area contributed by atoms with Gasteiger partial charge in [-0.3, -0.25) is 14.5 Å². The molecule has 0 unspecified atom stereocenters. The third-order valence-corrected chi connectivity index (χ3v) is 6.63. The Labute approximate surface area is 195 Å². The van der Waals surface area contributed by atoms with Crippen LogP contribution in [0.3, 0.4) is 0 Å². The van der Waals surface area contributed by atoms with Crippen molar-refractivity contribution in [3.05, 3.63) is 73.1 Å². The number of fused-ring (bicyclic) bond motifs is 1. The molecule has 0 radical (unpaired) electrons. The fraction of sp³-hybridized carbons (Fsp3) is 0.0909. The van der Waals surface area contributed by atoms with Gasteiger partial charge in [-0.05, 0) is 53.7 Å². The number of terminal acetylenes is 1. The number of carbonyl (C=O) groups excluding carboxylic acids is 2. The van der Waals surface area contributed by atoms with Crippen LogP contribution >= 0.6 is 50.9 Å². The topological polar surface area (TPSA) is 42.3 Å². The largest absolute Gasteiger partial charge is 0.342 e. The first-order chi connectivity index (χ1) is 14.4. The lowest BCUT2D eigenvalue weighted by Gasteiger charge is -2.08. The molecular formula is C22H13BrCl2N2O2S. The van der Waals surface area contributed by atoms with Gasteiger partial charge in [-0.15, -0.1) is 6.42 Å². The van der Waals surface area contributed by atoms with Crippen LogP contribution in [0.25, 0.3) is 17.0 Å². The number of rotatable bonds is 4. The van der Waals surface area contributed by atoms with Crippen molar-refractivity contribution in [3.8, 4) is 12.3 Å². The summed E-state index contributed by atoms with van der Waals surface area (Å²) in [5.41, 5.74) is 2.71. The molecule has 0 atom stereocenters. The maximum absolute atomic E-state index is 12.6. The number of aromatic nitrogens is 1. The molecule has 1 aliphatic rings. The molecule has 1 aromatic heterocycles. The van der Waals surface area contributed by atoms with Crippen LogP contribution in [0.1, 0.15) is 11.1 Å². The summed E-state index contributed by atoms with van der Waals surface area (Å²) in [5, 5.41) is 1.74. The van der Waals surface area contributed by atoms with E-state index in [0.29, 0.717) is 21.5 Å². The van der Waals surface area contributed by atoms with E-state index in [-0.39, 0.29) is 17.7 Å². The molecule has 0 saturated carbocycles. The molecule has 1 fully saturated rings. The van der Waals surface area contributed by atoms with Crippen molar-refractivity contribution in [2.75, 3.05) is 6.54 Å². The Morgan fingerprint density at radius 3 is 2.70 bits per heavy atom. The van der Waals surface area contributed by atoms with Crippen LogP contribution in [0.4, 0.5) is 4.79 Å². The number of hydrogen-bond donors (Lipinski definition) is 0. The highest BCUT2D eigenvalue weighted by Crippen LogP contribution is 2.35. The molecule has 1 aliphatic heterocycles. The molecule has 0 aliphatic carbocycles. The van der Waals surface area contributed by atoms with Crippen molar-refractivity contribution < 1.29 is 9.59 Å². The molecule has 8 heteroatoms. The van der Waals surface area contributed by atoms with Gasteiger partial charge < -0.3 is 4.57 Å². The average molecular weight is 520 g/mol. The van der Waals surface area contributed by atoms with Crippen LogP contribution in [0.2, 0.25) is 10.0 Å². The number of benzene rings is 2. The van der Waals surface area contributed by atoms with Crippen molar-refractivity contribution in [1.29, 1.82) is 0 Å². The van der Waals surface area contributed by atoms with Crippen molar-refractivity contribution in [2.45, 2.75) is 6.54 Å². The number of amides is 2. The summed E-state index contributed by atoms with van der Waals surface area (Å²) in [7, 11) is 0. The minimum absolute atomic E-state index is 0.0373. The first kappa shape index (κ1) is 21.1. The van der Waals surface area contributed by atoms with Gasteiger partial charge in [0.05, 0.1) is 11.4 Å². The number of hydrogen-bond acceptors (Lipinski definition) is 3. The van der Waals surface area contributed by atoms with Gasteiger partial charge in [0.1, 0.15) is 0 Å². The van der Waals surface area contributed by atoms with E-state index in [1.807, 2.05) is 30.5 Å². The Morgan fingerprint density at radius 1 is 1.17 bits per heavy atom. The highest BCUT2D eigenvalue weighted by Gasteiger charge is 2.34. The molecule has 2 amide bonds. The Kier molecular flexibility index (Phi) is 5.99. The molecule has 1 saturated heterocycles. The zero-order valence-corrected chi connectivity index (χ0v) is 19.3. The quantitative estimate of drug-likeness (QED) is 0.294. The molecule has 0 N–H and O–H groups in total. The molecule has 3 aromatic rings. The zero-order chi connectivity index (χ0) is 21.4. The van der Waals surface area contributed by atoms with E-state index in [4.69, 9.17) is 29.6 Å². The monoisotopic (exact) mass is 518 g/mol. The van der Waals surface area contributed by atoms with Crippen LogP contribution in [0.5, 0.6) is 0 Å². The molecule has 0 spiro atoms. The van der Waals surface area contributed by atoms with Crippen LogP contribution in [0, 0.1) is 12.3 Å². The molecular weight excluding hydrogens is 507 g/mol. The molecule has 150 valence electrons. The Balaban J connectivity index is 1.78. The fourth-order valence-corrected chi connectivity index (χ4v) is 4.90. The molecule has 30 heavy (non-hydrogen) atoms. The van der Waals surface area contributed by atoms with Gasteiger partial charge in [0.2, 0.25) is 0 Å². The van der Waals surface area contributed by atoms with E-state index >= 15 is 0 Å². The molecule has 2 aromatic carbocycles. The minimum atomic E-state index is -0.375. The Bertz CT molecular complexity index is 1280. The second-order valence-corrected chi connectivity index (χ2v) is 9.33. The van der Waals surface area contributed by atoms with E-state index in [2.05, 4.69) is 26.4 Å². The van der Waals surface area contributed by atoms with Gasteiger partial charge in [-0.2, -0.15) is 0 Å². The number of carbonyl (C=O) groups is 2. The third kappa shape index (κ3) is 4.03. The highest BCUT2D eigenvalue weighted by atomic mass is 79.9. The second kappa shape index (κ2) is 8.52. The predicted molar refractivity (Wildman–Crippen MR) is 127 cm³/mol. The van der Waals surface area contributed by atoms with Gasteiger partial charge in [0.25, 0.3) is 11.1 Å². The van der Waals surface area contributed by atoms with Crippen LogP contribution in [0.15, 0.2) is 52.0 Å². The van der Waals surface area contributed by atoms with Crippen LogP contribution in [-0.2, 0) is 11.3 Å². The summed E-state index contributed by atoms with van der Waals surface area (Å²) in [6.07, 6.45) is 8.94. The summed E-state index contributed by atoms with van der Waals surface area (Å²) < 4.78 is 2.96. The van der Waals surface area contributed by atoms with Crippen LogP contribution in [-0.4, -0.2) is 27.2 Å². The van der Waals surface area contributed by atoms with Crippen molar-refractivity contribution in [1.82, 2.24) is 9.47 Å². The van der Waals surface area contributed by atoms with E-state index < -0.39 is 0 Å². The summed E-state index contributed by atoms with van der Waals surface area (Å²) in [6.45, 7) is 0.491. The number of imide groups is 1. The maximum Gasteiger partial charge on any atom is 0.294 e. The first-order valence-electron chi connectivity index (χ1n) is 8.78. The van der Waals surface area contributed by atoms with E-state index in [1.54, 1.807) is 18.2 Å². The minimum Gasteiger partial charge on any atom is -0.342 e.